The number of sulfonamides is 1. The van der Waals surface area contributed by atoms with Gasteiger partial charge in [-0.1, -0.05) is 12.1 Å². The molecule has 0 saturated carbocycles. The average molecular weight is 367 g/mol. The molecular weight excluding hydrogens is 352 g/mol. The summed E-state index contributed by atoms with van der Waals surface area (Å²) in [5.74, 6) is -2.36. The first-order valence-corrected chi connectivity index (χ1v) is 8.47. The summed E-state index contributed by atoms with van der Waals surface area (Å²) in [6, 6.07) is 8.66. The topological polar surface area (TPSA) is 78.8 Å². The van der Waals surface area contributed by atoms with Gasteiger partial charge >= 0.3 is 0 Å². The van der Waals surface area contributed by atoms with E-state index in [1.807, 2.05) is 0 Å². The minimum atomic E-state index is -3.69. The number of benzene rings is 2. The third kappa shape index (κ3) is 4.25. The van der Waals surface area contributed by atoms with E-state index < -0.39 is 33.1 Å². The van der Waals surface area contributed by atoms with E-state index in [4.69, 9.17) is 0 Å². The highest BCUT2D eigenvalue weighted by atomic mass is 32.2. The van der Waals surface area contributed by atoms with Crippen LogP contribution in [-0.2, 0) is 10.0 Å². The molecule has 0 atom stereocenters. The number of nitrogens with one attached hydrogen (secondary N) is 1. The molecule has 0 bridgehead atoms. The van der Waals surface area contributed by atoms with Gasteiger partial charge in [-0.05, 0) is 30.3 Å². The lowest BCUT2D eigenvalue weighted by molar-refractivity contribution is 0.0955. The second kappa shape index (κ2) is 7.49. The van der Waals surface area contributed by atoms with Crippen molar-refractivity contribution in [2.75, 3.05) is 14.1 Å². The Bertz CT molecular complexity index is 908. The number of hydrazone groups is 1. The van der Waals surface area contributed by atoms with Gasteiger partial charge in [0.1, 0.15) is 11.6 Å². The Morgan fingerprint density at radius 2 is 1.72 bits per heavy atom. The van der Waals surface area contributed by atoms with Crippen molar-refractivity contribution in [2.45, 2.75) is 4.90 Å². The first-order valence-electron chi connectivity index (χ1n) is 7.03. The molecule has 25 heavy (non-hydrogen) atoms. The maximum atomic E-state index is 13.4. The van der Waals surface area contributed by atoms with Crippen molar-refractivity contribution in [2.24, 2.45) is 5.10 Å². The number of carbonyl (C=O) groups excluding carboxylic acids is 1. The first-order chi connectivity index (χ1) is 11.7. The molecule has 2 aromatic carbocycles. The Hall–Kier alpha value is -2.65. The summed E-state index contributed by atoms with van der Waals surface area (Å²) in [5.41, 5.74) is 1.74. The maximum absolute atomic E-state index is 13.4. The summed E-state index contributed by atoms with van der Waals surface area (Å²) in [4.78, 5) is 12.0. The standard InChI is InChI=1S/C16H15F2N3O3S/c1-21(2)25(23,24)12-6-3-5-11(9-12)16(22)20-19-10-13-14(17)7-4-8-15(13)18/h3-10H,1-2H3,(H,20,22)/b19-10-. The van der Waals surface area contributed by atoms with Crippen LogP contribution < -0.4 is 5.43 Å². The zero-order valence-electron chi connectivity index (χ0n) is 13.4. The SMILES string of the molecule is CN(C)S(=O)(=O)c1cccc(C(=O)N/N=C\c2c(F)cccc2F)c1. The van der Waals surface area contributed by atoms with Crippen LogP contribution in [0.4, 0.5) is 8.78 Å². The maximum Gasteiger partial charge on any atom is 0.271 e. The molecule has 2 rings (SSSR count). The summed E-state index contributed by atoms with van der Waals surface area (Å²) >= 11 is 0. The van der Waals surface area contributed by atoms with Crippen LogP contribution >= 0.6 is 0 Å². The fourth-order valence-corrected chi connectivity index (χ4v) is 2.81. The van der Waals surface area contributed by atoms with Crippen molar-refractivity contribution < 1.29 is 22.0 Å². The van der Waals surface area contributed by atoms with E-state index in [2.05, 4.69) is 10.5 Å². The van der Waals surface area contributed by atoms with Crippen LogP contribution in [0.2, 0.25) is 0 Å². The van der Waals surface area contributed by atoms with Crippen LogP contribution in [0.3, 0.4) is 0 Å². The normalized spacial score (nSPS) is 11.9. The fraction of sp³-hybridized carbons (Fsp3) is 0.125. The van der Waals surface area contributed by atoms with Gasteiger partial charge in [0.15, 0.2) is 0 Å². The molecular formula is C16H15F2N3O3S. The predicted molar refractivity (Wildman–Crippen MR) is 88.7 cm³/mol. The molecule has 2 aromatic rings. The molecule has 132 valence electrons. The second-order valence-corrected chi connectivity index (χ2v) is 7.30. The zero-order valence-corrected chi connectivity index (χ0v) is 14.2. The highest BCUT2D eigenvalue weighted by molar-refractivity contribution is 7.89. The van der Waals surface area contributed by atoms with Gasteiger partial charge in [-0.2, -0.15) is 5.10 Å². The summed E-state index contributed by atoms with van der Waals surface area (Å²) < 4.78 is 52.0. The van der Waals surface area contributed by atoms with E-state index >= 15 is 0 Å². The molecule has 0 aromatic heterocycles. The number of carbonyl (C=O) groups is 1. The molecule has 0 radical (unpaired) electrons. The minimum absolute atomic E-state index is 0.0362. The minimum Gasteiger partial charge on any atom is -0.267 e. The van der Waals surface area contributed by atoms with Crippen molar-refractivity contribution in [3.63, 3.8) is 0 Å². The molecule has 1 amide bonds. The molecule has 0 saturated heterocycles. The number of hydrogen-bond acceptors (Lipinski definition) is 4. The molecule has 9 heteroatoms. The van der Waals surface area contributed by atoms with Gasteiger partial charge < -0.3 is 0 Å². The monoisotopic (exact) mass is 367 g/mol. The lowest BCUT2D eigenvalue weighted by Crippen LogP contribution is -2.23. The van der Waals surface area contributed by atoms with E-state index in [1.165, 1.54) is 44.4 Å². The summed E-state index contributed by atoms with van der Waals surface area (Å²) in [6.07, 6.45) is 0.836. The van der Waals surface area contributed by atoms with Crippen molar-refractivity contribution in [1.82, 2.24) is 9.73 Å². The van der Waals surface area contributed by atoms with Gasteiger partial charge in [-0.25, -0.2) is 26.9 Å². The van der Waals surface area contributed by atoms with Crippen LogP contribution in [0.1, 0.15) is 15.9 Å². The Morgan fingerprint density at radius 1 is 1.12 bits per heavy atom. The molecule has 0 spiro atoms. The van der Waals surface area contributed by atoms with Crippen LogP contribution in [0.5, 0.6) is 0 Å². The lowest BCUT2D eigenvalue weighted by atomic mass is 10.2. The highest BCUT2D eigenvalue weighted by Gasteiger charge is 2.18. The molecule has 0 aliphatic rings. The third-order valence-corrected chi connectivity index (χ3v) is 5.05. The Kier molecular flexibility index (Phi) is 5.60. The predicted octanol–water partition coefficient (Wildman–Crippen LogP) is 1.98. The molecule has 0 unspecified atom stereocenters. The van der Waals surface area contributed by atoms with Crippen molar-refractivity contribution in [1.29, 1.82) is 0 Å². The Labute approximate surface area is 143 Å². The van der Waals surface area contributed by atoms with Crippen molar-refractivity contribution in [3.05, 3.63) is 65.2 Å². The first kappa shape index (κ1) is 18.7. The van der Waals surface area contributed by atoms with Gasteiger partial charge in [0.2, 0.25) is 10.0 Å². The number of hydrogen-bond donors (Lipinski definition) is 1. The molecule has 1 N–H and O–H groups in total. The van der Waals surface area contributed by atoms with Crippen molar-refractivity contribution in [3.8, 4) is 0 Å². The van der Waals surface area contributed by atoms with Gasteiger partial charge in [-0.15, -0.1) is 0 Å². The van der Waals surface area contributed by atoms with E-state index in [1.54, 1.807) is 0 Å². The molecule has 0 heterocycles. The van der Waals surface area contributed by atoms with Crippen molar-refractivity contribution >= 4 is 22.1 Å². The van der Waals surface area contributed by atoms with E-state index in [9.17, 15) is 22.0 Å². The quantitative estimate of drug-likeness (QED) is 0.648. The summed E-state index contributed by atoms with van der Waals surface area (Å²) in [6.45, 7) is 0. The lowest BCUT2D eigenvalue weighted by Gasteiger charge is -2.11. The number of amides is 1. The second-order valence-electron chi connectivity index (χ2n) is 5.15. The summed E-state index contributed by atoms with van der Waals surface area (Å²) in [5, 5.41) is 3.50. The van der Waals surface area contributed by atoms with Gasteiger partial charge in [-0.3, -0.25) is 4.79 Å². The van der Waals surface area contributed by atoms with E-state index in [-0.39, 0.29) is 10.5 Å². The molecule has 0 fully saturated rings. The smallest absolute Gasteiger partial charge is 0.267 e. The number of rotatable bonds is 5. The van der Waals surface area contributed by atoms with Crippen LogP contribution in [0.15, 0.2) is 52.5 Å². The zero-order chi connectivity index (χ0) is 18.6. The van der Waals surface area contributed by atoms with Crippen LogP contribution in [0, 0.1) is 11.6 Å². The molecule has 0 aliphatic carbocycles. The molecule has 6 nitrogen and oxygen atoms in total. The summed E-state index contributed by atoms with van der Waals surface area (Å²) in [7, 11) is -0.951. The van der Waals surface area contributed by atoms with Crippen LogP contribution in [-0.4, -0.2) is 38.9 Å². The van der Waals surface area contributed by atoms with E-state index in [0.717, 1.165) is 22.7 Å². The third-order valence-electron chi connectivity index (χ3n) is 3.23. The van der Waals surface area contributed by atoms with Gasteiger partial charge in [0, 0.05) is 19.7 Å². The number of halogens is 2. The Morgan fingerprint density at radius 3 is 2.32 bits per heavy atom. The average Bonchev–Trinajstić information content (AvgIpc) is 2.57. The van der Waals surface area contributed by atoms with E-state index in [0.29, 0.717) is 0 Å². The van der Waals surface area contributed by atoms with Gasteiger partial charge in [0.25, 0.3) is 5.91 Å². The van der Waals surface area contributed by atoms with Crippen LogP contribution in [0.25, 0.3) is 0 Å². The molecule has 0 aliphatic heterocycles. The fourth-order valence-electron chi connectivity index (χ4n) is 1.86. The largest absolute Gasteiger partial charge is 0.271 e. The Balaban J connectivity index is 2.18. The number of nitrogens with zero attached hydrogens (tertiary/aromatic N) is 2. The van der Waals surface area contributed by atoms with Gasteiger partial charge in [0.05, 0.1) is 16.7 Å². The highest BCUT2D eigenvalue weighted by Crippen LogP contribution is 2.15.